The van der Waals surface area contributed by atoms with Gasteiger partial charge in [-0.05, 0) is 23.6 Å². The van der Waals surface area contributed by atoms with Crippen molar-refractivity contribution in [2.24, 2.45) is 5.92 Å². The Morgan fingerprint density at radius 2 is 1.62 bits per heavy atom. The molecule has 1 rings (SSSR count). The summed E-state index contributed by atoms with van der Waals surface area (Å²) in [7, 11) is 2.54. The van der Waals surface area contributed by atoms with Crippen LogP contribution in [0.15, 0.2) is 0 Å². The fourth-order valence-corrected chi connectivity index (χ4v) is 4.27. The Morgan fingerprint density at radius 1 is 1.12 bits per heavy atom. The van der Waals surface area contributed by atoms with E-state index in [9.17, 15) is 0 Å². The summed E-state index contributed by atoms with van der Waals surface area (Å²) in [4.78, 5) is 0. The van der Waals surface area contributed by atoms with Gasteiger partial charge in [-0.15, -0.1) is 17.2 Å². The standard InChI is InChI=1S/C6H14P2/c1-5-3-7-6(2)8-4-5/h5-8H,3-4H2,1-2H3. The predicted octanol–water partition coefficient (Wildman–Crippen LogP) is 2.34. The Hall–Kier alpha value is 0.860. The first-order chi connectivity index (χ1) is 3.79. The Labute approximate surface area is 55.4 Å². The molecule has 0 nitrogen and oxygen atoms in total. The Balaban J connectivity index is 2.19. The average molecular weight is 148 g/mol. The minimum absolute atomic E-state index is 1.04. The fraction of sp³-hybridized carbons (Fsp3) is 1.00. The Kier molecular flexibility index (Phi) is 2.73. The van der Waals surface area contributed by atoms with Gasteiger partial charge in [0.1, 0.15) is 0 Å². The molecule has 1 saturated heterocycles. The van der Waals surface area contributed by atoms with E-state index in [1.807, 2.05) is 0 Å². The van der Waals surface area contributed by atoms with Crippen LogP contribution in [-0.4, -0.2) is 17.7 Å². The van der Waals surface area contributed by atoms with Gasteiger partial charge in [-0.2, -0.15) is 0 Å². The number of hydrogen-bond donors (Lipinski definition) is 0. The molecular weight excluding hydrogens is 134 g/mol. The van der Waals surface area contributed by atoms with Gasteiger partial charge in [-0.3, -0.25) is 0 Å². The van der Waals surface area contributed by atoms with E-state index in [1.54, 1.807) is 0 Å². The molecule has 0 aromatic carbocycles. The molecule has 0 amide bonds. The van der Waals surface area contributed by atoms with Crippen LogP contribution in [0, 0.1) is 5.92 Å². The van der Waals surface area contributed by atoms with Gasteiger partial charge in [0.2, 0.25) is 0 Å². The Bertz CT molecular complexity index is 54.9. The third-order valence-corrected chi connectivity index (χ3v) is 5.86. The lowest BCUT2D eigenvalue weighted by Gasteiger charge is -2.22. The summed E-state index contributed by atoms with van der Waals surface area (Å²) < 4.78 is 0. The molecule has 0 aromatic heterocycles. The van der Waals surface area contributed by atoms with Gasteiger partial charge in [-0.25, -0.2) is 0 Å². The lowest BCUT2D eigenvalue weighted by molar-refractivity contribution is 0.749. The molecule has 48 valence electrons. The average Bonchev–Trinajstić information content (AvgIpc) is 1.77. The van der Waals surface area contributed by atoms with E-state index >= 15 is 0 Å². The van der Waals surface area contributed by atoms with Crippen molar-refractivity contribution in [1.82, 2.24) is 0 Å². The molecule has 1 fully saturated rings. The molecule has 0 N–H and O–H groups in total. The van der Waals surface area contributed by atoms with E-state index in [0.29, 0.717) is 0 Å². The molecule has 2 unspecified atom stereocenters. The first-order valence-electron chi connectivity index (χ1n) is 3.26. The van der Waals surface area contributed by atoms with E-state index in [0.717, 1.165) is 11.3 Å². The van der Waals surface area contributed by atoms with E-state index < -0.39 is 0 Å². The normalized spacial score (nSPS) is 45.8. The van der Waals surface area contributed by atoms with Crippen LogP contribution in [0.4, 0.5) is 0 Å². The number of hydrogen-bond acceptors (Lipinski definition) is 0. The highest BCUT2D eigenvalue weighted by atomic mass is 31.1. The lowest BCUT2D eigenvalue weighted by Crippen LogP contribution is -2.08. The molecule has 1 aliphatic heterocycles. The topological polar surface area (TPSA) is 0 Å². The van der Waals surface area contributed by atoms with Crippen LogP contribution in [0.1, 0.15) is 13.8 Å². The molecule has 0 aliphatic carbocycles. The summed E-state index contributed by atoms with van der Waals surface area (Å²) in [6, 6.07) is 0. The van der Waals surface area contributed by atoms with Gasteiger partial charge < -0.3 is 0 Å². The maximum Gasteiger partial charge on any atom is -0.00894 e. The van der Waals surface area contributed by atoms with Crippen LogP contribution in [0.5, 0.6) is 0 Å². The van der Waals surface area contributed by atoms with Crippen molar-refractivity contribution in [2.75, 3.05) is 12.3 Å². The van der Waals surface area contributed by atoms with Crippen molar-refractivity contribution in [3.05, 3.63) is 0 Å². The summed E-state index contributed by atoms with van der Waals surface area (Å²) in [6.45, 7) is 4.77. The molecule has 0 bridgehead atoms. The van der Waals surface area contributed by atoms with Crippen LogP contribution < -0.4 is 0 Å². The fourth-order valence-electron chi connectivity index (χ4n) is 0.900. The molecule has 1 aliphatic rings. The third-order valence-electron chi connectivity index (χ3n) is 1.54. The summed E-state index contributed by atoms with van der Waals surface area (Å²) >= 11 is 0. The first-order valence-corrected chi connectivity index (χ1v) is 5.82. The van der Waals surface area contributed by atoms with Gasteiger partial charge in [0.25, 0.3) is 0 Å². The van der Waals surface area contributed by atoms with Crippen LogP contribution in [0.3, 0.4) is 0 Å². The first kappa shape index (κ1) is 6.97. The van der Waals surface area contributed by atoms with Gasteiger partial charge in [0.05, 0.1) is 0 Å². The number of rotatable bonds is 0. The summed E-state index contributed by atoms with van der Waals surface area (Å²) in [5.74, 6) is 1.04. The summed E-state index contributed by atoms with van der Waals surface area (Å²) in [5.41, 5.74) is 0. The maximum atomic E-state index is 2.39. The van der Waals surface area contributed by atoms with Crippen molar-refractivity contribution in [3.63, 3.8) is 0 Å². The molecule has 1 heterocycles. The lowest BCUT2D eigenvalue weighted by atomic mass is 10.3. The highest BCUT2D eigenvalue weighted by Gasteiger charge is 2.12. The van der Waals surface area contributed by atoms with E-state index in [1.165, 1.54) is 29.5 Å². The third kappa shape index (κ3) is 2.00. The van der Waals surface area contributed by atoms with E-state index in [4.69, 9.17) is 0 Å². The van der Waals surface area contributed by atoms with E-state index in [2.05, 4.69) is 13.8 Å². The van der Waals surface area contributed by atoms with Gasteiger partial charge in [0.15, 0.2) is 0 Å². The summed E-state index contributed by atoms with van der Waals surface area (Å²) in [5, 5.41) is 1.08. The molecule has 0 aromatic rings. The quantitative estimate of drug-likeness (QED) is 0.462. The highest BCUT2D eigenvalue weighted by Crippen LogP contribution is 2.41. The zero-order valence-corrected chi connectivity index (χ0v) is 7.57. The molecule has 2 heteroatoms. The van der Waals surface area contributed by atoms with Crippen LogP contribution >= 0.6 is 17.2 Å². The highest BCUT2D eigenvalue weighted by molar-refractivity contribution is 7.58. The van der Waals surface area contributed by atoms with E-state index in [-0.39, 0.29) is 0 Å². The zero-order valence-electron chi connectivity index (χ0n) is 5.57. The van der Waals surface area contributed by atoms with Crippen LogP contribution in [0.25, 0.3) is 0 Å². The van der Waals surface area contributed by atoms with Crippen LogP contribution in [0.2, 0.25) is 0 Å². The van der Waals surface area contributed by atoms with Crippen molar-refractivity contribution in [1.29, 1.82) is 0 Å². The van der Waals surface area contributed by atoms with Crippen molar-refractivity contribution < 1.29 is 0 Å². The molecule has 0 saturated carbocycles. The van der Waals surface area contributed by atoms with Gasteiger partial charge >= 0.3 is 0 Å². The van der Waals surface area contributed by atoms with Crippen molar-refractivity contribution in [3.8, 4) is 0 Å². The molecule has 2 atom stereocenters. The SMILES string of the molecule is CC1CPC(C)PC1. The Morgan fingerprint density at radius 3 is 2.00 bits per heavy atom. The molecular formula is C6H14P2. The van der Waals surface area contributed by atoms with Gasteiger partial charge in [-0.1, -0.05) is 13.8 Å². The maximum absolute atomic E-state index is 2.39. The minimum Gasteiger partial charge on any atom is -0.115 e. The zero-order chi connectivity index (χ0) is 5.98. The molecule has 0 spiro atoms. The minimum atomic E-state index is 1.04. The van der Waals surface area contributed by atoms with Gasteiger partial charge in [0, 0.05) is 0 Å². The summed E-state index contributed by atoms with van der Waals surface area (Å²) in [6.07, 6.45) is 3.02. The second-order valence-corrected chi connectivity index (χ2v) is 6.59. The second-order valence-electron chi connectivity index (χ2n) is 2.64. The smallest absolute Gasteiger partial charge is 0.00894 e. The second kappa shape index (κ2) is 3.14. The molecule has 0 radical (unpaired) electrons. The van der Waals surface area contributed by atoms with Crippen molar-refractivity contribution >= 4 is 17.2 Å². The van der Waals surface area contributed by atoms with Crippen molar-refractivity contribution in [2.45, 2.75) is 19.2 Å². The monoisotopic (exact) mass is 148 g/mol. The largest absolute Gasteiger partial charge is 0.115 e. The predicted molar refractivity (Wildman–Crippen MR) is 45.0 cm³/mol. The molecule has 8 heavy (non-hydrogen) atoms. The van der Waals surface area contributed by atoms with Crippen LogP contribution in [-0.2, 0) is 0 Å².